The van der Waals surface area contributed by atoms with Crippen LogP contribution >= 0.6 is 15.9 Å². The fourth-order valence-electron chi connectivity index (χ4n) is 2.54. The second-order valence-electron chi connectivity index (χ2n) is 4.95. The summed E-state index contributed by atoms with van der Waals surface area (Å²) in [5.41, 5.74) is 6.24. The minimum absolute atomic E-state index is 0.273. The number of hydrogen-bond donors (Lipinski definition) is 2. The third kappa shape index (κ3) is 3.19. The first-order chi connectivity index (χ1) is 8.26. The molecule has 0 radical (unpaired) electrons. The van der Waals surface area contributed by atoms with Crippen molar-refractivity contribution in [1.82, 2.24) is 4.98 Å². The van der Waals surface area contributed by atoms with Crippen molar-refractivity contribution in [2.45, 2.75) is 32.1 Å². The van der Waals surface area contributed by atoms with Gasteiger partial charge in [-0.3, -0.25) is 0 Å². The Morgan fingerprint density at radius 1 is 1.35 bits per heavy atom. The lowest BCUT2D eigenvalue weighted by molar-refractivity contribution is 0.215. The fourth-order valence-corrected chi connectivity index (χ4v) is 2.94. The van der Waals surface area contributed by atoms with Gasteiger partial charge < -0.3 is 11.1 Å². The molecule has 1 aliphatic rings. The summed E-state index contributed by atoms with van der Waals surface area (Å²) in [5, 5.41) is 3.44. The largest absolute Gasteiger partial charge is 0.369 e. The summed E-state index contributed by atoms with van der Waals surface area (Å²) in [5.74, 6) is 0.922. The van der Waals surface area contributed by atoms with Crippen LogP contribution in [0.5, 0.6) is 0 Å². The van der Waals surface area contributed by atoms with Crippen molar-refractivity contribution in [1.29, 1.82) is 0 Å². The molecule has 0 atom stereocenters. The van der Waals surface area contributed by atoms with Crippen molar-refractivity contribution in [3.8, 4) is 0 Å². The Hall–Kier alpha value is -0.610. The summed E-state index contributed by atoms with van der Waals surface area (Å²) in [6, 6.07) is 3.93. The predicted molar refractivity (Wildman–Crippen MR) is 75.0 cm³/mol. The van der Waals surface area contributed by atoms with Gasteiger partial charge in [0.05, 0.1) is 4.47 Å². The molecule has 3 nitrogen and oxygen atoms in total. The number of halogens is 1. The van der Waals surface area contributed by atoms with Gasteiger partial charge >= 0.3 is 0 Å². The maximum atomic E-state index is 5.97. The molecule has 94 valence electrons. The highest BCUT2D eigenvalue weighted by Gasteiger charge is 2.30. The van der Waals surface area contributed by atoms with Crippen molar-refractivity contribution >= 4 is 21.7 Å². The molecule has 3 N–H and O–H groups in total. The van der Waals surface area contributed by atoms with Crippen LogP contribution in [-0.4, -0.2) is 18.1 Å². The molecule has 0 spiro atoms. The molecule has 1 aromatic heterocycles. The van der Waals surface area contributed by atoms with E-state index in [-0.39, 0.29) is 5.41 Å². The highest BCUT2D eigenvalue weighted by Crippen LogP contribution is 2.35. The molecule has 1 aromatic rings. The normalized spacial score (nSPS) is 18.9. The second kappa shape index (κ2) is 5.83. The smallest absolute Gasteiger partial charge is 0.140 e. The van der Waals surface area contributed by atoms with Gasteiger partial charge in [-0.05, 0) is 52.9 Å². The van der Waals surface area contributed by atoms with E-state index in [0.29, 0.717) is 0 Å². The molecule has 1 saturated carbocycles. The van der Waals surface area contributed by atoms with Crippen molar-refractivity contribution < 1.29 is 0 Å². The number of anilines is 1. The molecule has 0 saturated heterocycles. The Balaban J connectivity index is 1.98. The Bertz CT molecular complexity index is 361. The summed E-state index contributed by atoms with van der Waals surface area (Å²) in [6.45, 7) is 1.70. The summed E-state index contributed by atoms with van der Waals surface area (Å²) in [6.07, 6.45) is 8.25. The van der Waals surface area contributed by atoms with Crippen LogP contribution in [0.2, 0.25) is 0 Å². The first kappa shape index (κ1) is 12.8. The molecule has 2 rings (SSSR count). The van der Waals surface area contributed by atoms with E-state index in [4.69, 9.17) is 5.73 Å². The molecular weight excluding hydrogens is 278 g/mol. The fraction of sp³-hybridized carbons (Fsp3) is 0.615. The van der Waals surface area contributed by atoms with E-state index in [1.807, 2.05) is 18.3 Å². The minimum Gasteiger partial charge on any atom is -0.369 e. The molecule has 0 unspecified atom stereocenters. The van der Waals surface area contributed by atoms with Crippen LogP contribution in [-0.2, 0) is 0 Å². The van der Waals surface area contributed by atoms with Crippen LogP contribution in [0.15, 0.2) is 22.8 Å². The third-order valence-corrected chi connectivity index (χ3v) is 4.38. The van der Waals surface area contributed by atoms with Crippen LogP contribution in [0, 0.1) is 5.41 Å². The third-order valence-electron chi connectivity index (χ3n) is 3.74. The van der Waals surface area contributed by atoms with Gasteiger partial charge in [-0.1, -0.05) is 19.3 Å². The first-order valence-electron chi connectivity index (χ1n) is 6.30. The van der Waals surface area contributed by atoms with Gasteiger partial charge in [0.1, 0.15) is 5.82 Å². The average molecular weight is 298 g/mol. The quantitative estimate of drug-likeness (QED) is 0.897. The lowest BCUT2D eigenvalue weighted by Crippen LogP contribution is -2.39. The first-order valence-corrected chi connectivity index (χ1v) is 7.10. The Morgan fingerprint density at radius 3 is 2.76 bits per heavy atom. The Labute approximate surface area is 111 Å². The predicted octanol–water partition coefficient (Wildman–Crippen LogP) is 3.17. The van der Waals surface area contributed by atoms with Gasteiger partial charge in [0, 0.05) is 12.7 Å². The zero-order chi connectivity index (χ0) is 12.1. The highest BCUT2D eigenvalue weighted by atomic mass is 79.9. The number of aromatic nitrogens is 1. The van der Waals surface area contributed by atoms with Gasteiger partial charge in [-0.15, -0.1) is 0 Å². The van der Waals surface area contributed by atoms with E-state index >= 15 is 0 Å². The monoisotopic (exact) mass is 297 g/mol. The number of hydrogen-bond acceptors (Lipinski definition) is 3. The SMILES string of the molecule is NCC1(CNc2ncccc2Br)CCCCC1. The molecule has 0 bridgehead atoms. The van der Waals surface area contributed by atoms with Crippen LogP contribution in [0.25, 0.3) is 0 Å². The van der Waals surface area contributed by atoms with Crippen LogP contribution in [0.4, 0.5) is 5.82 Å². The van der Waals surface area contributed by atoms with Gasteiger partial charge in [-0.25, -0.2) is 4.98 Å². The van der Waals surface area contributed by atoms with Crippen molar-refractivity contribution in [3.63, 3.8) is 0 Å². The minimum atomic E-state index is 0.273. The molecular formula is C13H20BrN3. The molecule has 1 fully saturated rings. The van der Waals surface area contributed by atoms with Crippen molar-refractivity contribution in [2.24, 2.45) is 11.1 Å². The van der Waals surface area contributed by atoms with Crippen LogP contribution < -0.4 is 11.1 Å². The standard InChI is InChI=1S/C13H20BrN3/c14-11-5-4-8-16-12(11)17-10-13(9-15)6-2-1-3-7-13/h4-5,8H,1-3,6-7,9-10,15H2,(H,16,17). The Morgan fingerprint density at radius 2 is 2.12 bits per heavy atom. The van der Waals surface area contributed by atoms with Gasteiger partial charge in [0.25, 0.3) is 0 Å². The van der Waals surface area contributed by atoms with E-state index in [1.165, 1.54) is 32.1 Å². The van der Waals surface area contributed by atoms with E-state index in [1.54, 1.807) is 0 Å². The Kier molecular flexibility index (Phi) is 4.40. The van der Waals surface area contributed by atoms with Gasteiger partial charge in [0.15, 0.2) is 0 Å². The summed E-state index contributed by atoms with van der Waals surface area (Å²) >= 11 is 3.50. The summed E-state index contributed by atoms with van der Waals surface area (Å²) in [7, 11) is 0. The molecule has 1 aliphatic carbocycles. The highest BCUT2D eigenvalue weighted by molar-refractivity contribution is 9.10. The van der Waals surface area contributed by atoms with Gasteiger partial charge in [-0.2, -0.15) is 0 Å². The number of nitrogens with zero attached hydrogens (tertiary/aromatic N) is 1. The summed E-state index contributed by atoms with van der Waals surface area (Å²) in [4.78, 5) is 4.33. The summed E-state index contributed by atoms with van der Waals surface area (Å²) < 4.78 is 1.02. The molecule has 17 heavy (non-hydrogen) atoms. The lowest BCUT2D eigenvalue weighted by Gasteiger charge is -2.36. The molecule has 0 aliphatic heterocycles. The zero-order valence-electron chi connectivity index (χ0n) is 10.1. The van der Waals surface area contributed by atoms with Gasteiger partial charge in [0.2, 0.25) is 0 Å². The van der Waals surface area contributed by atoms with E-state index in [0.717, 1.165) is 23.4 Å². The van der Waals surface area contributed by atoms with Crippen LogP contribution in [0.3, 0.4) is 0 Å². The van der Waals surface area contributed by atoms with Crippen LogP contribution in [0.1, 0.15) is 32.1 Å². The topological polar surface area (TPSA) is 50.9 Å². The van der Waals surface area contributed by atoms with E-state index in [2.05, 4.69) is 26.2 Å². The van der Waals surface area contributed by atoms with E-state index < -0.39 is 0 Å². The second-order valence-corrected chi connectivity index (χ2v) is 5.81. The number of rotatable bonds is 4. The van der Waals surface area contributed by atoms with Crippen molar-refractivity contribution in [3.05, 3.63) is 22.8 Å². The number of pyridine rings is 1. The molecule has 1 heterocycles. The van der Waals surface area contributed by atoms with E-state index in [9.17, 15) is 0 Å². The number of nitrogens with one attached hydrogen (secondary N) is 1. The lowest BCUT2D eigenvalue weighted by atomic mass is 9.74. The average Bonchev–Trinajstić information content (AvgIpc) is 2.39. The molecule has 0 aromatic carbocycles. The number of nitrogens with two attached hydrogens (primary N) is 1. The molecule has 0 amide bonds. The van der Waals surface area contributed by atoms with Crippen molar-refractivity contribution in [2.75, 3.05) is 18.4 Å². The maximum absolute atomic E-state index is 5.97. The molecule has 4 heteroatoms. The maximum Gasteiger partial charge on any atom is 0.140 e. The zero-order valence-corrected chi connectivity index (χ0v) is 11.7.